The molecule has 0 aromatic heterocycles. The zero-order valence-electron chi connectivity index (χ0n) is 20.0. The smallest absolute Gasteiger partial charge is 0.253 e. The molecule has 2 amide bonds. The number of phenolic OH excluding ortho intramolecular Hbond substituents is 1. The first kappa shape index (κ1) is 22.8. The summed E-state index contributed by atoms with van der Waals surface area (Å²) in [6.45, 7) is 4.28. The Hall–Kier alpha value is -2.67. The van der Waals surface area contributed by atoms with Crippen LogP contribution in [0.4, 0.5) is 0 Å². The van der Waals surface area contributed by atoms with Gasteiger partial charge in [-0.2, -0.15) is 0 Å². The summed E-state index contributed by atoms with van der Waals surface area (Å²) in [5, 5.41) is 11.0. The Kier molecular flexibility index (Phi) is 4.99. The molecule has 3 heterocycles. The van der Waals surface area contributed by atoms with Crippen LogP contribution in [0.25, 0.3) is 6.08 Å². The minimum absolute atomic E-state index is 0.0632. The Morgan fingerprint density at radius 1 is 1.26 bits per heavy atom. The van der Waals surface area contributed by atoms with E-state index in [2.05, 4.69) is 18.0 Å². The number of benzene rings is 1. The van der Waals surface area contributed by atoms with E-state index in [1.54, 1.807) is 25.5 Å². The van der Waals surface area contributed by atoms with Crippen molar-refractivity contribution >= 4 is 25.3 Å². The fraction of sp³-hybridized carbons (Fsp3) is 0.462. The lowest BCUT2D eigenvalue weighted by Crippen LogP contribution is -2.65. The van der Waals surface area contributed by atoms with Crippen molar-refractivity contribution in [1.82, 2.24) is 9.80 Å². The lowest BCUT2D eigenvalue weighted by molar-refractivity contribution is -0.136. The van der Waals surface area contributed by atoms with E-state index in [4.69, 9.17) is 9.26 Å². The average Bonchev–Trinajstić information content (AvgIpc) is 3.30. The molecule has 6 rings (SSSR count). The van der Waals surface area contributed by atoms with Crippen LogP contribution in [-0.4, -0.2) is 78.4 Å². The van der Waals surface area contributed by atoms with E-state index >= 15 is 0 Å². The fourth-order valence-corrected chi connectivity index (χ4v) is 7.53. The van der Waals surface area contributed by atoms with Crippen LogP contribution in [0.2, 0.25) is 0 Å². The van der Waals surface area contributed by atoms with E-state index in [-0.39, 0.29) is 47.6 Å². The summed E-state index contributed by atoms with van der Waals surface area (Å²) in [7, 11) is -0.636. The van der Waals surface area contributed by atoms with Gasteiger partial charge in [-0.25, -0.2) is 0 Å². The molecule has 1 spiro atoms. The molecule has 1 saturated heterocycles. The monoisotopic (exact) mass is 496 g/mol. The predicted molar refractivity (Wildman–Crippen MR) is 131 cm³/mol. The van der Waals surface area contributed by atoms with E-state index in [1.807, 2.05) is 12.2 Å². The number of nitrogens with zero attached hydrogens (tertiary/aromatic N) is 2. The van der Waals surface area contributed by atoms with Crippen molar-refractivity contribution in [3.63, 3.8) is 0 Å². The highest BCUT2D eigenvalue weighted by atomic mass is 31.2. The molecule has 3 aliphatic heterocycles. The maximum atomic E-state index is 12.6. The molecule has 0 radical (unpaired) electrons. The van der Waals surface area contributed by atoms with Crippen LogP contribution in [0, 0.1) is 5.92 Å². The van der Waals surface area contributed by atoms with Crippen LogP contribution in [-0.2, 0) is 30.5 Å². The molecule has 8 nitrogen and oxygen atoms in total. The van der Waals surface area contributed by atoms with Gasteiger partial charge in [0.25, 0.3) is 11.8 Å². The Morgan fingerprint density at radius 3 is 2.71 bits per heavy atom. The topological polar surface area (TPSA) is 96.4 Å². The van der Waals surface area contributed by atoms with Crippen LogP contribution in [0.5, 0.6) is 11.5 Å². The number of phenols is 1. The number of rotatable bonds is 5. The van der Waals surface area contributed by atoms with Gasteiger partial charge in [0.2, 0.25) is 0 Å². The lowest BCUT2D eigenvalue weighted by atomic mass is 9.53. The normalized spacial score (nSPS) is 33.1. The number of imide groups is 1. The highest BCUT2D eigenvalue weighted by Crippen LogP contribution is 2.64. The molecule has 184 valence electrons. The molecule has 1 fully saturated rings. The minimum atomic E-state index is -2.78. The molecule has 2 aliphatic carbocycles. The van der Waals surface area contributed by atoms with Gasteiger partial charge < -0.3 is 19.3 Å². The summed E-state index contributed by atoms with van der Waals surface area (Å²) >= 11 is 0. The Morgan fingerprint density at radius 2 is 2.00 bits per heavy atom. The van der Waals surface area contributed by atoms with Gasteiger partial charge >= 0.3 is 0 Å². The predicted octanol–water partition coefficient (Wildman–Crippen LogP) is 2.70. The highest BCUT2D eigenvalue weighted by Gasteiger charge is 2.65. The summed E-state index contributed by atoms with van der Waals surface area (Å²) in [6.07, 6.45) is 11.2. The molecule has 0 saturated carbocycles. The number of carbonyl (C=O) groups is 2. The largest absolute Gasteiger partial charge is 0.504 e. The van der Waals surface area contributed by atoms with Crippen molar-refractivity contribution in [1.29, 1.82) is 0 Å². The molecule has 1 N–H and O–H groups in total. The summed E-state index contributed by atoms with van der Waals surface area (Å²) in [6, 6.07) is 1.96. The number of hydrogen-bond acceptors (Lipinski definition) is 7. The Labute approximate surface area is 204 Å². The van der Waals surface area contributed by atoms with E-state index < -0.39 is 13.5 Å². The Bertz CT molecular complexity index is 1260. The number of piperidine rings is 1. The van der Waals surface area contributed by atoms with E-state index in [0.717, 1.165) is 36.1 Å². The first-order valence-corrected chi connectivity index (χ1v) is 14.5. The molecular weight excluding hydrogens is 467 g/mol. The molecule has 1 unspecified atom stereocenters. The zero-order valence-corrected chi connectivity index (χ0v) is 20.9. The fourth-order valence-electron chi connectivity index (χ4n) is 6.76. The minimum Gasteiger partial charge on any atom is -0.504 e. The zero-order chi connectivity index (χ0) is 24.7. The van der Waals surface area contributed by atoms with Crippen LogP contribution in [0.1, 0.15) is 23.1 Å². The third-order valence-corrected chi connectivity index (χ3v) is 8.91. The number of likely N-dealkylation sites (N-methyl/N-ethyl adjacent to an activating group) is 1. The van der Waals surface area contributed by atoms with Gasteiger partial charge in [-0.1, -0.05) is 24.3 Å². The van der Waals surface area contributed by atoms with Crippen molar-refractivity contribution in [2.24, 2.45) is 5.92 Å². The molecule has 35 heavy (non-hydrogen) atoms. The van der Waals surface area contributed by atoms with Gasteiger partial charge in [0.15, 0.2) is 18.9 Å². The summed E-state index contributed by atoms with van der Waals surface area (Å²) in [4.78, 5) is 27.4. The van der Waals surface area contributed by atoms with Gasteiger partial charge in [-0.3, -0.25) is 19.1 Å². The number of likely N-dealkylation sites (tertiary alicyclic amines) is 1. The first-order chi connectivity index (χ1) is 16.6. The second kappa shape index (κ2) is 7.66. The summed E-state index contributed by atoms with van der Waals surface area (Å²) in [5.41, 5.74) is 2.64. The molecule has 5 atom stereocenters. The van der Waals surface area contributed by atoms with Crippen molar-refractivity contribution in [3.8, 4) is 11.5 Å². The van der Waals surface area contributed by atoms with Crippen LogP contribution < -0.4 is 4.74 Å². The number of carbonyl (C=O) groups excluding carboxylic acids is 2. The first-order valence-electron chi connectivity index (χ1n) is 12.0. The number of hydrogen-bond donors (Lipinski definition) is 1. The lowest BCUT2D eigenvalue weighted by Gasteiger charge is -2.57. The van der Waals surface area contributed by atoms with Gasteiger partial charge in [0.05, 0.1) is 0 Å². The number of amides is 2. The second-order valence-electron chi connectivity index (χ2n) is 10.5. The third kappa shape index (κ3) is 3.30. The third-order valence-electron chi connectivity index (χ3n) is 8.16. The van der Waals surface area contributed by atoms with Gasteiger partial charge in [-0.05, 0) is 43.6 Å². The standard InChI is InChI=1S/C26H29N2O6P/c1-27-12-10-26-17-6-7-20(34-35(2,3)32)25(26)33-24-19(29)13-15(16(23(24)26)14-18(17)27)5-4-11-28-21(30)8-9-22(28)31/h4-9,13,17-18,20,25,29H,10-12,14H2,1-3H3/b5-4+/t17?,18-,20+,25+,26+/m1/s1. The summed E-state index contributed by atoms with van der Waals surface area (Å²) < 4.78 is 25.1. The molecular formula is C26H29N2O6P. The van der Waals surface area contributed by atoms with Gasteiger partial charge in [0, 0.05) is 55.0 Å². The van der Waals surface area contributed by atoms with E-state index in [9.17, 15) is 19.3 Å². The van der Waals surface area contributed by atoms with Crippen molar-refractivity contribution < 1.29 is 28.5 Å². The van der Waals surface area contributed by atoms with Crippen LogP contribution in [0.3, 0.4) is 0 Å². The summed E-state index contributed by atoms with van der Waals surface area (Å²) in [5.74, 6) is 0.112. The van der Waals surface area contributed by atoms with Crippen molar-refractivity contribution in [3.05, 3.63) is 53.1 Å². The van der Waals surface area contributed by atoms with E-state index in [0.29, 0.717) is 5.75 Å². The average molecular weight is 497 g/mol. The second-order valence-corrected chi connectivity index (χ2v) is 13.2. The molecule has 2 bridgehead atoms. The highest BCUT2D eigenvalue weighted by molar-refractivity contribution is 7.57. The molecule has 5 aliphatic rings. The van der Waals surface area contributed by atoms with Gasteiger partial charge in [0.1, 0.15) is 12.2 Å². The van der Waals surface area contributed by atoms with Crippen LogP contribution in [0.15, 0.2) is 36.4 Å². The van der Waals surface area contributed by atoms with Gasteiger partial charge in [-0.15, -0.1) is 0 Å². The maximum absolute atomic E-state index is 12.6. The number of aromatic hydroxyl groups is 1. The maximum Gasteiger partial charge on any atom is 0.253 e. The van der Waals surface area contributed by atoms with Crippen molar-refractivity contribution in [2.75, 3.05) is 33.5 Å². The van der Waals surface area contributed by atoms with E-state index in [1.165, 1.54) is 17.1 Å². The quantitative estimate of drug-likeness (QED) is 0.380. The van der Waals surface area contributed by atoms with Crippen molar-refractivity contribution in [2.45, 2.75) is 36.5 Å². The molecule has 9 heteroatoms. The molecule has 1 aromatic carbocycles. The SMILES string of the molecule is CN1CC[C@]23c4c5c(/C=C/CN6C(=O)C=CC6=O)cc(O)c4O[C@H]2[C@@H](OP(C)(C)=O)C=CC3[C@H]1C5. The molecule has 1 aromatic rings. The van der Waals surface area contributed by atoms with Crippen LogP contribution >= 0.6 is 7.37 Å². The number of ether oxygens (including phenoxy) is 1. The Balaban J connectivity index is 1.44.